The molecule has 0 bridgehead atoms. The number of amides is 1. The van der Waals surface area contributed by atoms with Gasteiger partial charge in [-0.3, -0.25) is 4.79 Å². The van der Waals surface area contributed by atoms with Gasteiger partial charge in [-0.2, -0.15) is 0 Å². The third-order valence-corrected chi connectivity index (χ3v) is 4.76. The maximum Gasteiger partial charge on any atom is 0.228 e. The molecule has 0 radical (unpaired) electrons. The van der Waals surface area contributed by atoms with Crippen molar-refractivity contribution in [1.82, 2.24) is 9.55 Å². The normalized spacial score (nSPS) is 11.3. The lowest BCUT2D eigenvalue weighted by Crippen LogP contribution is -2.14. The van der Waals surface area contributed by atoms with E-state index in [0.29, 0.717) is 6.42 Å². The number of anilines is 1. The molecule has 0 aliphatic carbocycles. The number of nitrogens with zero attached hydrogens (tertiary/aromatic N) is 1. The van der Waals surface area contributed by atoms with Gasteiger partial charge in [-0.25, -0.2) is 0 Å². The van der Waals surface area contributed by atoms with Crippen molar-refractivity contribution >= 4 is 33.4 Å². The van der Waals surface area contributed by atoms with Crippen molar-refractivity contribution in [2.45, 2.75) is 26.8 Å². The Hall–Kier alpha value is -3.01. The zero-order chi connectivity index (χ0) is 17.4. The Kier molecular flexibility index (Phi) is 3.80. The molecule has 0 saturated heterocycles. The zero-order valence-corrected chi connectivity index (χ0v) is 14.5. The summed E-state index contributed by atoms with van der Waals surface area (Å²) < 4.78 is 2.19. The van der Waals surface area contributed by atoms with Crippen LogP contribution in [0.5, 0.6) is 0 Å². The van der Waals surface area contributed by atoms with E-state index < -0.39 is 0 Å². The number of aromatic nitrogens is 2. The molecule has 25 heavy (non-hydrogen) atoms. The maximum absolute atomic E-state index is 12.5. The molecule has 2 heterocycles. The van der Waals surface area contributed by atoms with Crippen molar-refractivity contribution in [3.8, 4) is 0 Å². The molecular formula is C21H21N3O. The Morgan fingerprint density at radius 2 is 2.00 bits per heavy atom. The first-order chi connectivity index (χ1) is 12.2. The fraction of sp³-hybridized carbons (Fsp3) is 0.190. The van der Waals surface area contributed by atoms with Crippen LogP contribution in [0.2, 0.25) is 0 Å². The number of H-pyrrole nitrogens is 1. The van der Waals surface area contributed by atoms with Crippen LogP contribution < -0.4 is 5.32 Å². The van der Waals surface area contributed by atoms with Gasteiger partial charge in [0.2, 0.25) is 5.91 Å². The number of aromatic amines is 1. The summed E-state index contributed by atoms with van der Waals surface area (Å²) >= 11 is 0. The van der Waals surface area contributed by atoms with E-state index in [1.54, 1.807) is 0 Å². The van der Waals surface area contributed by atoms with Gasteiger partial charge in [-0.1, -0.05) is 18.2 Å². The van der Waals surface area contributed by atoms with Crippen LogP contribution in [0.4, 0.5) is 5.69 Å². The minimum absolute atomic E-state index is 0.00197. The fourth-order valence-electron chi connectivity index (χ4n) is 3.48. The molecule has 0 aliphatic heterocycles. The van der Waals surface area contributed by atoms with E-state index in [9.17, 15) is 4.79 Å². The van der Waals surface area contributed by atoms with E-state index in [4.69, 9.17) is 0 Å². The summed E-state index contributed by atoms with van der Waals surface area (Å²) in [5, 5.41) is 5.29. The Labute approximate surface area is 146 Å². The molecule has 2 aromatic heterocycles. The lowest BCUT2D eigenvalue weighted by Gasteiger charge is -2.07. The molecule has 0 saturated carbocycles. The molecule has 2 aromatic carbocycles. The van der Waals surface area contributed by atoms with Crippen LogP contribution in [0.1, 0.15) is 18.2 Å². The number of nitrogens with one attached hydrogen (secondary N) is 2. The average molecular weight is 331 g/mol. The number of hydrogen-bond acceptors (Lipinski definition) is 1. The van der Waals surface area contributed by atoms with Crippen LogP contribution in [-0.2, 0) is 17.8 Å². The van der Waals surface area contributed by atoms with Gasteiger partial charge in [0, 0.05) is 45.9 Å². The summed E-state index contributed by atoms with van der Waals surface area (Å²) in [5.74, 6) is 0.00197. The minimum atomic E-state index is 0.00197. The number of carbonyl (C=O) groups excluding carboxylic acids is 1. The highest BCUT2D eigenvalue weighted by Gasteiger charge is 2.12. The number of fused-ring (bicyclic) bond motifs is 2. The number of aryl methyl sites for hydroxylation is 2. The summed E-state index contributed by atoms with van der Waals surface area (Å²) in [4.78, 5) is 15.9. The molecule has 0 fully saturated rings. The average Bonchev–Trinajstić information content (AvgIpc) is 3.15. The van der Waals surface area contributed by atoms with Gasteiger partial charge in [0.25, 0.3) is 0 Å². The van der Waals surface area contributed by atoms with Crippen molar-refractivity contribution in [1.29, 1.82) is 0 Å². The first kappa shape index (κ1) is 15.5. The van der Waals surface area contributed by atoms with E-state index in [1.165, 1.54) is 5.52 Å². The number of hydrogen-bond donors (Lipinski definition) is 2. The third-order valence-electron chi connectivity index (χ3n) is 4.76. The number of benzene rings is 2. The van der Waals surface area contributed by atoms with Gasteiger partial charge in [-0.05, 0) is 49.7 Å². The molecular weight excluding hydrogens is 310 g/mol. The first-order valence-corrected chi connectivity index (χ1v) is 8.60. The van der Waals surface area contributed by atoms with Gasteiger partial charge in [0.15, 0.2) is 0 Å². The zero-order valence-electron chi connectivity index (χ0n) is 14.5. The summed E-state index contributed by atoms with van der Waals surface area (Å²) in [6, 6.07) is 16.2. The van der Waals surface area contributed by atoms with Crippen molar-refractivity contribution in [3.63, 3.8) is 0 Å². The summed E-state index contributed by atoms with van der Waals surface area (Å²) in [6.45, 7) is 5.08. The molecule has 0 aliphatic rings. The van der Waals surface area contributed by atoms with Gasteiger partial charge >= 0.3 is 0 Å². The molecule has 0 unspecified atom stereocenters. The molecule has 4 heteroatoms. The third kappa shape index (κ3) is 2.80. The molecule has 0 atom stereocenters. The van der Waals surface area contributed by atoms with Gasteiger partial charge in [-0.15, -0.1) is 0 Å². The van der Waals surface area contributed by atoms with Crippen molar-refractivity contribution in [2.75, 3.05) is 5.32 Å². The molecule has 126 valence electrons. The van der Waals surface area contributed by atoms with Crippen LogP contribution in [0.15, 0.2) is 54.7 Å². The van der Waals surface area contributed by atoms with E-state index in [-0.39, 0.29) is 5.91 Å². The highest BCUT2D eigenvalue weighted by Crippen LogP contribution is 2.24. The van der Waals surface area contributed by atoms with Crippen LogP contribution in [-0.4, -0.2) is 15.5 Å². The largest absolute Gasteiger partial charge is 0.358 e. The molecule has 2 N–H and O–H groups in total. The van der Waals surface area contributed by atoms with Gasteiger partial charge in [0.1, 0.15) is 0 Å². The highest BCUT2D eigenvalue weighted by molar-refractivity contribution is 5.98. The summed E-state index contributed by atoms with van der Waals surface area (Å²) in [6.07, 6.45) is 2.44. The van der Waals surface area contributed by atoms with Crippen molar-refractivity contribution < 1.29 is 4.79 Å². The minimum Gasteiger partial charge on any atom is -0.358 e. The van der Waals surface area contributed by atoms with Gasteiger partial charge in [0.05, 0.1) is 6.42 Å². The molecule has 4 rings (SSSR count). The van der Waals surface area contributed by atoms with Crippen LogP contribution in [0.25, 0.3) is 21.8 Å². The quantitative estimate of drug-likeness (QED) is 0.563. The number of para-hydroxylation sites is 1. The van der Waals surface area contributed by atoms with E-state index in [1.807, 2.05) is 37.3 Å². The Balaban J connectivity index is 1.56. The predicted molar refractivity (Wildman–Crippen MR) is 103 cm³/mol. The van der Waals surface area contributed by atoms with Gasteiger partial charge < -0.3 is 14.9 Å². The van der Waals surface area contributed by atoms with Crippen LogP contribution in [0.3, 0.4) is 0 Å². The molecule has 4 nitrogen and oxygen atoms in total. The predicted octanol–water partition coefficient (Wildman–Crippen LogP) is 4.63. The topological polar surface area (TPSA) is 49.8 Å². The Morgan fingerprint density at radius 3 is 2.84 bits per heavy atom. The van der Waals surface area contributed by atoms with Crippen LogP contribution >= 0.6 is 0 Å². The van der Waals surface area contributed by atoms with Crippen molar-refractivity contribution in [3.05, 3.63) is 66.0 Å². The molecule has 4 aromatic rings. The summed E-state index contributed by atoms with van der Waals surface area (Å²) in [5.41, 5.74) is 5.21. The Morgan fingerprint density at radius 1 is 1.16 bits per heavy atom. The van der Waals surface area contributed by atoms with E-state index in [2.05, 4.69) is 46.2 Å². The smallest absolute Gasteiger partial charge is 0.228 e. The van der Waals surface area contributed by atoms with Crippen molar-refractivity contribution in [2.24, 2.45) is 0 Å². The fourth-order valence-corrected chi connectivity index (χ4v) is 3.48. The summed E-state index contributed by atoms with van der Waals surface area (Å²) in [7, 11) is 0. The lowest BCUT2D eigenvalue weighted by molar-refractivity contribution is -0.115. The number of rotatable bonds is 4. The second kappa shape index (κ2) is 6.13. The van der Waals surface area contributed by atoms with Crippen LogP contribution in [0, 0.1) is 6.92 Å². The Bertz CT molecular complexity index is 1070. The molecule has 1 amide bonds. The van der Waals surface area contributed by atoms with E-state index in [0.717, 1.165) is 39.8 Å². The lowest BCUT2D eigenvalue weighted by atomic mass is 10.1. The maximum atomic E-state index is 12.5. The SMILES string of the molecule is CCn1ccc2cc(NC(=O)Cc3c(C)[nH]c4ccccc34)ccc21. The van der Waals surface area contributed by atoms with E-state index >= 15 is 0 Å². The highest BCUT2D eigenvalue weighted by atomic mass is 16.1. The second-order valence-corrected chi connectivity index (χ2v) is 6.37. The molecule has 0 spiro atoms. The standard InChI is InChI=1S/C21H21N3O/c1-3-24-11-10-15-12-16(8-9-20(15)24)23-21(25)13-18-14(2)22-19-7-5-4-6-17(18)19/h4-12,22H,3,13H2,1-2H3,(H,23,25). The second-order valence-electron chi connectivity index (χ2n) is 6.37. The first-order valence-electron chi connectivity index (χ1n) is 8.60. The number of carbonyl (C=O) groups is 1. The monoisotopic (exact) mass is 331 g/mol.